The molecule has 41 heavy (non-hydrogen) atoms. The van der Waals surface area contributed by atoms with Crippen molar-refractivity contribution in [2.75, 3.05) is 99.6 Å². The summed E-state index contributed by atoms with van der Waals surface area (Å²) in [6.45, 7) is 8.82. The average Bonchev–Trinajstić information content (AvgIpc) is 3.01. The number of hydrogen-bond donors (Lipinski definition) is 0. The molecule has 9 heteroatoms. The van der Waals surface area contributed by atoms with Crippen molar-refractivity contribution >= 4 is 0 Å². The van der Waals surface area contributed by atoms with Gasteiger partial charge in [0.2, 0.25) is 0 Å². The first-order valence-corrected chi connectivity index (χ1v) is 14.7. The van der Waals surface area contributed by atoms with Crippen molar-refractivity contribution in [2.24, 2.45) is 0 Å². The highest BCUT2D eigenvalue weighted by Crippen LogP contribution is 2.19. The highest BCUT2D eigenvalue weighted by Gasteiger charge is 1.99. The number of rotatable bonds is 29. The molecule has 0 aliphatic heterocycles. The van der Waals surface area contributed by atoms with Crippen LogP contribution < -0.4 is 9.47 Å². The lowest BCUT2D eigenvalue weighted by molar-refractivity contribution is -0.0191. The number of unbranched alkanes of at least 4 members (excludes halogenated alkanes) is 3. The fourth-order valence-corrected chi connectivity index (χ4v) is 3.57. The van der Waals surface area contributed by atoms with E-state index in [-0.39, 0.29) is 0 Å². The van der Waals surface area contributed by atoms with E-state index in [1.807, 2.05) is 42.5 Å². The van der Waals surface area contributed by atoms with Crippen molar-refractivity contribution in [2.45, 2.75) is 32.3 Å². The molecular weight excluding hydrogens is 528 g/mol. The summed E-state index contributed by atoms with van der Waals surface area (Å²) in [7, 11) is 1.65. The van der Waals surface area contributed by atoms with Crippen molar-refractivity contribution in [3.8, 4) is 11.5 Å². The van der Waals surface area contributed by atoms with Gasteiger partial charge in [-0.2, -0.15) is 0 Å². The van der Waals surface area contributed by atoms with E-state index < -0.39 is 0 Å². The maximum absolute atomic E-state index is 5.84. The molecule has 0 saturated carbocycles. The normalized spacial score (nSPS) is 11.1. The first kappa shape index (κ1) is 35.0. The van der Waals surface area contributed by atoms with E-state index in [0.29, 0.717) is 92.5 Å². The SMILES string of the molecule is COCCOCCOCCOCCOCCOCCOCCCCCCOc1ccc(OCc2ccccc2)cc1. The Morgan fingerprint density at radius 3 is 1.29 bits per heavy atom. The first-order valence-electron chi connectivity index (χ1n) is 14.7. The lowest BCUT2D eigenvalue weighted by Crippen LogP contribution is -2.14. The predicted molar refractivity (Wildman–Crippen MR) is 158 cm³/mol. The van der Waals surface area contributed by atoms with Crippen molar-refractivity contribution in [3.63, 3.8) is 0 Å². The Balaban J connectivity index is 1.24. The molecule has 232 valence electrons. The molecule has 0 heterocycles. The summed E-state index contributed by atoms with van der Waals surface area (Å²) in [6.07, 6.45) is 4.32. The number of hydrogen-bond acceptors (Lipinski definition) is 9. The summed E-state index contributed by atoms with van der Waals surface area (Å²) in [4.78, 5) is 0. The Kier molecular flexibility index (Phi) is 22.7. The molecule has 2 aromatic rings. The van der Waals surface area contributed by atoms with Crippen molar-refractivity contribution < 1.29 is 42.6 Å². The van der Waals surface area contributed by atoms with Crippen LogP contribution in [0.4, 0.5) is 0 Å². The Hall–Kier alpha value is -2.24. The lowest BCUT2D eigenvalue weighted by atomic mass is 10.2. The van der Waals surface area contributed by atoms with Gasteiger partial charge in [-0.1, -0.05) is 36.8 Å². The minimum Gasteiger partial charge on any atom is -0.494 e. The molecule has 0 amide bonds. The topological polar surface area (TPSA) is 83.1 Å². The lowest BCUT2D eigenvalue weighted by Gasteiger charge is -2.09. The van der Waals surface area contributed by atoms with Crippen LogP contribution in [0.15, 0.2) is 54.6 Å². The molecule has 2 aromatic carbocycles. The van der Waals surface area contributed by atoms with Crippen molar-refractivity contribution in [3.05, 3.63) is 60.2 Å². The molecule has 0 saturated heterocycles. The Bertz CT molecular complexity index is 805. The monoisotopic (exact) mass is 578 g/mol. The molecule has 0 atom stereocenters. The number of ether oxygens (including phenoxy) is 9. The smallest absolute Gasteiger partial charge is 0.120 e. The minimum atomic E-state index is 0.543. The Morgan fingerprint density at radius 2 is 0.805 bits per heavy atom. The maximum atomic E-state index is 5.84. The molecule has 0 N–H and O–H groups in total. The Morgan fingerprint density at radius 1 is 0.390 bits per heavy atom. The van der Waals surface area contributed by atoms with Gasteiger partial charge >= 0.3 is 0 Å². The molecule has 9 nitrogen and oxygen atoms in total. The fourth-order valence-electron chi connectivity index (χ4n) is 3.57. The quantitative estimate of drug-likeness (QED) is 0.125. The largest absolute Gasteiger partial charge is 0.494 e. The molecule has 0 fully saturated rings. The van der Waals surface area contributed by atoms with Crippen LogP contribution in [0.3, 0.4) is 0 Å². The molecule has 0 aliphatic rings. The van der Waals surface area contributed by atoms with Gasteiger partial charge in [-0.25, -0.2) is 0 Å². The van der Waals surface area contributed by atoms with E-state index in [1.54, 1.807) is 7.11 Å². The molecule has 0 unspecified atom stereocenters. The van der Waals surface area contributed by atoms with Gasteiger partial charge in [0.05, 0.1) is 85.9 Å². The molecule has 0 bridgehead atoms. The van der Waals surface area contributed by atoms with Gasteiger partial charge in [0.25, 0.3) is 0 Å². The van der Waals surface area contributed by atoms with E-state index >= 15 is 0 Å². The maximum Gasteiger partial charge on any atom is 0.120 e. The van der Waals surface area contributed by atoms with Crippen molar-refractivity contribution in [1.82, 2.24) is 0 Å². The third-order valence-electron chi connectivity index (χ3n) is 5.82. The van der Waals surface area contributed by atoms with Crippen LogP contribution in [0, 0.1) is 0 Å². The molecule has 0 aromatic heterocycles. The van der Waals surface area contributed by atoms with Crippen LogP contribution >= 0.6 is 0 Å². The minimum absolute atomic E-state index is 0.543. The summed E-state index contributed by atoms with van der Waals surface area (Å²) in [5.74, 6) is 1.72. The summed E-state index contributed by atoms with van der Waals surface area (Å²) < 4.78 is 49.4. The summed E-state index contributed by atoms with van der Waals surface area (Å²) in [6, 6.07) is 18.0. The second kappa shape index (κ2) is 26.6. The van der Waals surface area contributed by atoms with Crippen molar-refractivity contribution in [1.29, 1.82) is 0 Å². The summed E-state index contributed by atoms with van der Waals surface area (Å²) >= 11 is 0. The van der Waals surface area contributed by atoms with Gasteiger partial charge < -0.3 is 42.6 Å². The standard InChI is InChI=1S/C32H50O9/c1-33-17-18-35-21-22-37-25-26-39-28-27-38-24-23-36-20-19-34-15-7-2-3-8-16-40-31-11-13-32(14-12-31)41-29-30-9-5-4-6-10-30/h4-6,9-14H,2-3,7-8,15-29H2,1H3. The summed E-state index contributed by atoms with van der Waals surface area (Å²) in [5.41, 5.74) is 1.15. The van der Waals surface area contributed by atoms with Crippen LogP contribution in [0.5, 0.6) is 11.5 Å². The van der Waals surface area contributed by atoms with E-state index in [4.69, 9.17) is 42.6 Å². The van der Waals surface area contributed by atoms with E-state index in [2.05, 4.69) is 12.1 Å². The zero-order valence-electron chi connectivity index (χ0n) is 24.8. The van der Waals surface area contributed by atoms with Gasteiger partial charge in [0.15, 0.2) is 0 Å². The molecular formula is C32H50O9. The zero-order valence-corrected chi connectivity index (χ0v) is 24.8. The predicted octanol–water partition coefficient (Wildman–Crippen LogP) is 4.95. The van der Waals surface area contributed by atoms with Gasteiger partial charge in [-0.05, 0) is 49.1 Å². The van der Waals surface area contributed by atoms with E-state index in [9.17, 15) is 0 Å². The highest BCUT2D eigenvalue weighted by atomic mass is 16.6. The number of benzene rings is 2. The number of methoxy groups -OCH3 is 1. The van der Waals surface area contributed by atoms with Crippen LogP contribution in [0.1, 0.15) is 31.2 Å². The third kappa shape index (κ3) is 21.2. The van der Waals surface area contributed by atoms with Crippen LogP contribution in [-0.2, 0) is 39.8 Å². The fraction of sp³-hybridized carbons (Fsp3) is 0.625. The average molecular weight is 579 g/mol. The van der Waals surface area contributed by atoms with Crippen LogP contribution in [-0.4, -0.2) is 99.6 Å². The zero-order chi connectivity index (χ0) is 28.9. The van der Waals surface area contributed by atoms with E-state index in [1.165, 1.54) is 0 Å². The second-order valence-electron chi connectivity index (χ2n) is 9.18. The molecule has 0 radical (unpaired) electrons. The van der Waals surface area contributed by atoms with Crippen LogP contribution in [0.25, 0.3) is 0 Å². The van der Waals surface area contributed by atoms with Crippen LogP contribution in [0.2, 0.25) is 0 Å². The molecule has 0 aliphatic carbocycles. The van der Waals surface area contributed by atoms with Gasteiger partial charge in [0.1, 0.15) is 18.1 Å². The summed E-state index contributed by atoms with van der Waals surface area (Å²) in [5, 5.41) is 0. The van der Waals surface area contributed by atoms with E-state index in [0.717, 1.165) is 49.4 Å². The molecule has 0 spiro atoms. The molecule has 2 rings (SSSR count). The first-order chi connectivity index (χ1) is 20.4. The second-order valence-corrected chi connectivity index (χ2v) is 9.18. The third-order valence-corrected chi connectivity index (χ3v) is 5.82. The van der Waals surface area contributed by atoms with Gasteiger partial charge in [-0.15, -0.1) is 0 Å². The highest BCUT2D eigenvalue weighted by molar-refractivity contribution is 5.31. The van der Waals surface area contributed by atoms with Gasteiger partial charge in [-0.3, -0.25) is 0 Å². The Labute approximate surface area is 246 Å². The van der Waals surface area contributed by atoms with Gasteiger partial charge in [0, 0.05) is 13.7 Å².